The third kappa shape index (κ3) is 6.63. The van der Waals surface area contributed by atoms with Crippen LogP contribution in [0, 0.1) is 18.7 Å². The molecule has 0 aromatic heterocycles. The summed E-state index contributed by atoms with van der Waals surface area (Å²) in [4.78, 5) is 6.64. The zero-order valence-corrected chi connectivity index (χ0v) is 16.6. The predicted octanol–water partition coefficient (Wildman–Crippen LogP) is 2.76. The van der Waals surface area contributed by atoms with Crippen molar-refractivity contribution in [3.05, 3.63) is 35.1 Å². The summed E-state index contributed by atoms with van der Waals surface area (Å²) in [5, 5.41) is 6.68. The lowest BCUT2D eigenvalue weighted by molar-refractivity contribution is 0.210. The largest absolute Gasteiger partial charge is 0.356 e. The van der Waals surface area contributed by atoms with Crippen molar-refractivity contribution in [1.82, 2.24) is 15.5 Å². The topological polar surface area (TPSA) is 39.7 Å². The van der Waals surface area contributed by atoms with E-state index in [4.69, 9.17) is 0 Å². The van der Waals surface area contributed by atoms with Gasteiger partial charge >= 0.3 is 0 Å². The summed E-state index contributed by atoms with van der Waals surface area (Å²) in [6.45, 7) is 5.71. The van der Waals surface area contributed by atoms with Gasteiger partial charge in [-0.1, -0.05) is 12.1 Å². The van der Waals surface area contributed by atoms with E-state index >= 15 is 0 Å². The van der Waals surface area contributed by atoms with Crippen LogP contribution < -0.4 is 10.6 Å². The summed E-state index contributed by atoms with van der Waals surface area (Å²) in [5.74, 6) is 1.31. The Hall–Kier alpha value is -0.890. The van der Waals surface area contributed by atoms with Gasteiger partial charge in [0.25, 0.3) is 0 Å². The molecule has 23 heavy (non-hydrogen) atoms. The smallest absolute Gasteiger partial charge is 0.191 e. The average Bonchev–Trinajstić information content (AvgIpc) is 2.51. The molecule has 6 heteroatoms. The Kier molecular flexibility index (Phi) is 8.83. The van der Waals surface area contributed by atoms with Crippen molar-refractivity contribution in [3.63, 3.8) is 0 Å². The number of nitrogens with zero attached hydrogens (tertiary/aromatic N) is 2. The fourth-order valence-electron chi connectivity index (χ4n) is 2.90. The lowest BCUT2D eigenvalue weighted by Crippen LogP contribution is -2.43. The van der Waals surface area contributed by atoms with E-state index in [1.807, 2.05) is 6.07 Å². The zero-order valence-electron chi connectivity index (χ0n) is 14.2. The number of halogens is 2. The molecule has 0 spiro atoms. The first-order valence-electron chi connectivity index (χ1n) is 7.96. The number of likely N-dealkylation sites (tertiary alicyclic amines) is 1. The van der Waals surface area contributed by atoms with E-state index in [9.17, 15) is 4.39 Å². The van der Waals surface area contributed by atoms with Crippen LogP contribution in [0.3, 0.4) is 0 Å². The molecule has 2 N–H and O–H groups in total. The molecule has 0 radical (unpaired) electrons. The maximum absolute atomic E-state index is 13.3. The molecule has 1 aromatic carbocycles. The van der Waals surface area contributed by atoms with Gasteiger partial charge in [-0.2, -0.15) is 0 Å². The number of hydrogen-bond acceptors (Lipinski definition) is 2. The minimum atomic E-state index is -0.160. The van der Waals surface area contributed by atoms with E-state index in [0.29, 0.717) is 18.0 Å². The number of hydrogen-bond donors (Lipinski definition) is 2. The fraction of sp³-hybridized carbons (Fsp3) is 0.588. The summed E-state index contributed by atoms with van der Waals surface area (Å²) in [7, 11) is 3.95. The second-order valence-corrected chi connectivity index (χ2v) is 6.16. The van der Waals surface area contributed by atoms with Gasteiger partial charge in [0.15, 0.2) is 5.96 Å². The van der Waals surface area contributed by atoms with Crippen molar-refractivity contribution >= 4 is 29.9 Å². The van der Waals surface area contributed by atoms with Gasteiger partial charge in [-0.15, -0.1) is 24.0 Å². The third-order valence-corrected chi connectivity index (χ3v) is 4.19. The number of rotatable bonds is 4. The third-order valence-electron chi connectivity index (χ3n) is 4.19. The Morgan fingerprint density at radius 2 is 2.17 bits per heavy atom. The number of piperidine rings is 1. The monoisotopic (exact) mass is 434 g/mol. The van der Waals surface area contributed by atoms with Gasteiger partial charge in [0.1, 0.15) is 5.82 Å². The second-order valence-electron chi connectivity index (χ2n) is 6.16. The van der Waals surface area contributed by atoms with Crippen LogP contribution in [0.4, 0.5) is 4.39 Å². The Morgan fingerprint density at radius 3 is 2.83 bits per heavy atom. The normalized spacial score (nSPS) is 19.1. The minimum Gasteiger partial charge on any atom is -0.356 e. The molecule has 0 bridgehead atoms. The maximum Gasteiger partial charge on any atom is 0.191 e. The van der Waals surface area contributed by atoms with E-state index in [1.165, 1.54) is 25.5 Å². The molecule has 1 aromatic rings. The van der Waals surface area contributed by atoms with Crippen LogP contribution in [0.2, 0.25) is 0 Å². The first kappa shape index (κ1) is 20.2. The van der Waals surface area contributed by atoms with Crippen LogP contribution in [-0.4, -0.2) is 44.6 Å². The molecule has 1 heterocycles. The van der Waals surface area contributed by atoms with Crippen LogP contribution in [0.5, 0.6) is 0 Å². The Balaban J connectivity index is 0.00000264. The minimum absolute atomic E-state index is 0. The quantitative estimate of drug-likeness (QED) is 0.435. The highest BCUT2D eigenvalue weighted by Crippen LogP contribution is 2.13. The molecule has 1 saturated heterocycles. The first-order chi connectivity index (χ1) is 10.6. The molecule has 0 amide bonds. The van der Waals surface area contributed by atoms with Crippen molar-refractivity contribution in [3.8, 4) is 0 Å². The first-order valence-corrected chi connectivity index (χ1v) is 7.96. The van der Waals surface area contributed by atoms with Crippen molar-refractivity contribution < 1.29 is 4.39 Å². The fourth-order valence-corrected chi connectivity index (χ4v) is 2.90. The van der Waals surface area contributed by atoms with E-state index in [1.54, 1.807) is 20.0 Å². The highest BCUT2D eigenvalue weighted by Gasteiger charge is 2.17. The molecular formula is C17H28FIN4. The van der Waals surface area contributed by atoms with Gasteiger partial charge < -0.3 is 15.5 Å². The van der Waals surface area contributed by atoms with E-state index in [0.717, 1.165) is 24.6 Å². The van der Waals surface area contributed by atoms with Gasteiger partial charge in [-0.05, 0) is 56.5 Å². The van der Waals surface area contributed by atoms with Gasteiger partial charge in [0.05, 0.1) is 0 Å². The van der Waals surface area contributed by atoms with Crippen LogP contribution in [0.1, 0.15) is 24.0 Å². The number of aliphatic imine (C=N–C) groups is 1. The van der Waals surface area contributed by atoms with Gasteiger partial charge in [-0.3, -0.25) is 4.99 Å². The summed E-state index contributed by atoms with van der Waals surface area (Å²) in [5.41, 5.74) is 1.73. The molecule has 1 aliphatic heterocycles. The maximum atomic E-state index is 13.3. The van der Waals surface area contributed by atoms with Crippen molar-refractivity contribution in [2.75, 3.05) is 33.7 Å². The number of guanidine groups is 1. The lowest BCUT2D eigenvalue weighted by Gasteiger charge is -2.30. The number of benzene rings is 1. The van der Waals surface area contributed by atoms with Crippen LogP contribution in [0.25, 0.3) is 0 Å². The standard InChI is InChI=1S/C17H27FN4.HI/c1-13-9-14(6-7-16(13)18)10-20-17(19-2)21-11-15-5-4-8-22(3)12-15;/h6-7,9,15H,4-5,8,10-12H2,1-3H3,(H2,19,20,21);1H. The molecule has 1 fully saturated rings. The predicted molar refractivity (Wildman–Crippen MR) is 105 cm³/mol. The van der Waals surface area contributed by atoms with Crippen LogP contribution >= 0.6 is 24.0 Å². The van der Waals surface area contributed by atoms with Gasteiger partial charge in [0, 0.05) is 26.7 Å². The van der Waals surface area contributed by atoms with E-state index < -0.39 is 0 Å². The van der Waals surface area contributed by atoms with E-state index in [-0.39, 0.29) is 29.8 Å². The Labute approximate surface area is 156 Å². The summed E-state index contributed by atoms with van der Waals surface area (Å²) in [6.07, 6.45) is 2.54. The highest BCUT2D eigenvalue weighted by atomic mass is 127. The van der Waals surface area contributed by atoms with Crippen molar-refractivity contribution in [1.29, 1.82) is 0 Å². The molecule has 2 rings (SSSR count). The molecular weight excluding hydrogens is 406 g/mol. The van der Waals surface area contributed by atoms with Crippen molar-refractivity contribution in [2.45, 2.75) is 26.3 Å². The second kappa shape index (κ2) is 10.1. The van der Waals surface area contributed by atoms with Crippen molar-refractivity contribution in [2.24, 2.45) is 10.9 Å². The average molecular weight is 434 g/mol. The summed E-state index contributed by atoms with van der Waals surface area (Å²) >= 11 is 0. The highest BCUT2D eigenvalue weighted by molar-refractivity contribution is 14.0. The molecule has 1 unspecified atom stereocenters. The summed E-state index contributed by atoms with van der Waals surface area (Å²) < 4.78 is 13.3. The van der Waals surface area contributed by atoms with Gasteiger partial charge in [0.2, 0.25) is 0 Å². The SMILES string of the molecule is CN=C(NCc1ccc(F)c(C)c1)NCC1CCCN(C)C1.I. The van der Waals surface area contributed by atoms with E-state index in [2.05, 4.69) is 27.6 Å². The Bertz CT molecular complexity index is 521. The van der Waals surface area contributed by atoms with Crippen LogP contribution in [-0.2, 0) is 6.54 Å². The Morgan fingerprint density at radius 1 is 1.39 bits per heavy atom. The molecule has 1 atom stereocenters. The summed E-state index contributed by atoms with van der Waals surface area (Å²) in [6, 6.07) is 5.19. The zero-order chi connectivity index (χ0) is 15.9. The molecule has 0 aliphatic carbocycles. The molecule has 130 valence electrons. The molecule has 1 aliphatic rings. The molecule has 4 nitrogen and oxygen atoms in total. The number of aryl methyl sites for hydroxylation is 1. The number of nitrogens with one attached hydrogen (secondary N) is 2. The molecule has 0 saturated carbocycles. The van der Waals surface area contributed by atoms with Crippen LogP contribution in [0.15, 0.2) is 23.2 Å². The lowest BCUT2D eigenvalue weighted by atomic mass is 9.99. The van der Waals surface area contributed by atoms with Gasteiger partial charge in [-0.25, -0.2) is 4.39 Å².